The number of fused-ring (bicyclic) bond motifs is 2. The first-order valence-electron chi connectivity index (χ1n) is 18.8. The highest BCUT2D eigenvalue weighted by atomic mass is 35.5. The number of benzene rings is 1. The first kappa shape index (κ1) is 37.5. The van der Waals surface area contributed by atoms with Gasteiger partial charge in [-0.25, -0.2) is 9.78 Å². The fourth-order valence-corrected chi connectivity index (χ4v) is 9.70. The standard InChI is InChI=1S/C37H59Cl2N5O5/c1-26-6-11-31-27(2)33(46-35-37(31)30(26)12-13-36(3,47-35)48-49-37)5-4-17-42-21-23-43(24-22-42)20-16-41-34(45)32(40)25-28-7-9-29(10-8-28)44(18-14-38)19-15-39/h7-10,26-27,30-33,35H,4-6,11-25,40H2,1-3H3,(H,41,45)/t26-,27-,30?,31+,32-,33-,35-,36?,37?/m1/s1. The highest BCUT2D eigenvalue weighted by molar-refractivity contribution is 6.18. The molecule has 49 heavy (non-hydrogen) atoms. The van der Waals surface area contributed by atoms with E-state index in [-0.39, 0.29) is 18.3 Å². The second-order valence-corrected chi connectivity index (χ2v) is 16.2. The second kappa shape index (κ2) is 16.6. The Balaban J connectivity index is 0.882. The Bertz CT molecular complexity index is 1220. The maximum Gasteiger partial charge on any atom is 0.237 e. The fraction of sp³-hybridized carbons (Fsp3) is 0.811. The van der Waals surface area contributed by atoms with Crippen LogP contribution in [0.4, 0.5) is 5.69 Å². The van der Waals surface area contributed by atoms with Crippen molar-refractivity contribution >= 4 is 34.8 Å². The summed E-state index contributed by atoms with van der Waals surface area (Å²) in [6.45, 7) is 14.8. The van der Waals surface area contributed by atoms with E-state index in [4.69, 9.17) is 48.2 Å². The fourth-order valence-electron chi connectivity index (χ4n) is 9.29. The number of nitrogens with zero attached hydrogens (tertiary/aromatic N) is 3. The number of halogens is 2. The number of carbonyl (C=O) groups is 1. The van der Waals surface area contributed by atoms with Gasteiger partial charge in [-0.1, -0.05) is 26.0 Å². The summed E-state index contributed by atoms with van der Waals surface area (Å²) in [6.07, 6.45) is 6.75. The van der Waals surface area contributed by atoms with E-state index < -0.39 is 17.4 Å². The highest BCUT2D eigenvalue weighted by Crippen LogP contribution is 2.60. The van der Waals surface area contributed by atoms with Crippen molar-refractivity contribution in [3.8, 4) is 0 Å². The Morgan fingerprint density at radius 2 is 1.69 bits per heavy atom. The van der Waals surface area contributed by atoms with E-state index >= 15 is 0 Å². The van der Waals surface area contributed by atoms with Crippen LogP contribution in [-0.2, 0) is 30.5 Å². The van der Waals surface area contributed by atoms with Gasteiger partial charge in [0.2, 0.25) is 11.7 Å². The molecular weight excluding hydrogens is 665 g/mol. The van der Waals surface area contributed by atoms with Gasteiger partial charge in [0.25, 0.3) is 0 Å². The van der Waals surface area contributed by atoms with E-state index in [1.54, 1.807) is 0 Å². The van der Waals surface area contributed by atoms with Gasteiger partial charge >= 0.3 is 0 Å². The summed E-state index contributed by atoms with van der Waals surface area (Å²) in [7, 11) is 0. The van der Waals surface area contributed by atoms with Crippen LogP contribution < -0.4 is 16.0 Å². The summed E-state index contributed by atoms with van der Waals surface area (Å²) in [4.78, 5) is 32.2. The summed E-state index contributed by atoms with van der Waals surface area (Å²) in [5.41, 5.74) is 7.90. The van der Waals surface area contributed by atoms with Crippen LogP contribution >= 0.6 is 23.2 Å². The first-order valence-corrected chi connectivity index (χ1v) is 19.9. The number of nitrogens with one attached hydrogen (secondary N) is 1. The molecule has 1 saturated carbocycles. The van der Waals surface area contributed by atoms with Crippen LogP contribution in [0, 0.1) is 23.7 Å². The summed E-state index contributed by atoms with van der Waals surface area (Å²) >= 11 is 11.9. The molecule has 6 fully saturated rings. The maximum atomic E-state index is 12.7. The van der Waals surface area contributed by atoms with Crippen LogP contribution in [-0.4, -0.2) is 116 Å². The van der Waals surface area contributed by atoms with Crippen LogP contribution in [0.1, 0.15) is 64.9 Å². The molecular formula is C37H59Cl2N5O5. The molecule has 276 valence electrons. The molecule has 3 N–H and O–H groups in total. The van der Waals surface area contributed by atoms with E-state index in [9.17, 15) is 4.79 Å². The molecule has 1 aromatic carbocycles. The molecule has 0 radical (unpaired) electrons. The second-order valence-electron chi connectivity index (χ2n) is 15.4. The molecule has 5 heterocycles. The minimum absolute atomic E-state index is 0.104. The lowest BCUT2D eigenvalue weighted by Crippen LogP contribution is -2.70. The lowest BCUT2D eigenvalue weighted by atomic mass is 9.57. The minimum Gasteiger partial charge on any atom is -0.369 e. The number of hydrogen-bond donors (Lipinski definition) is 2. The topological polar surface area (TPSA) is 102 Å². The average molecular weight is 725 g/mol. The number of nitrogens with two attached hydrogens (primary N) is 1. The van der Waals surface area contributed by atoms with Gasteiger partial charge in [0.05, 0.1) is 12.1 Å². The molecule has 5 saturated heterocycles. The maximum absolute atomic E-state index is 12.7. The van der Waals surface area contributed by atoms with Crippen LogP contribution in [0.25, 0.3) is 0 Å². The average Bonchev–Trinajstić information content (AvgIpc) is 3.33. The van der Waals surface area contributed by atoms with E-state index in [1.807, 2.05) is 31.2 Å². The van der Waals surface area contributed by atoms with Gasteiger partial charge in [-0.15, -0.1) is 23.2 Å². The molecule has 10 nitrogen and oxygen atoms in total. The zero-order chi connectivity index (χ0) is 34.6. The van der Waals surface area contributed by atoms with Gasteiger partial charge in [-0.2, -0.15) is 0 Å². The predicted octanol–water partition coefficient (Wildman–Crippen LogP) is 4.60. The monoisotopic (exact) mass is 723 g/mol. The summed E-state index contributed by atoms with van der Waals surface area (Å²) in [5, 5.41) is 3.05. The lowest BCUT2D eigenvalue weighted by molar-refractivity contribution is -0.571. The Morgan fingerprint density at radius 1 is 1.00 bits per heavy atom. The lowest BCUT2D eigenvalue weighted by Gasteiger charge is -2.60. The van der Waals surface area contributed by atoms with Crippen molar-refractivity contribution in [1.82, 2.24) is 15.1 Å². The van der Waals surface area contributed by atoms with Crippen molar-refractivity contribution in [2.24, 2.45) is 29.4 Å². The Morgan fingerprint density at radius 3 is 2.39 bits per heavy atom. The van der Waals surface area contributed by atoms with E-state index in [0.717, 1.165) is 95.7 Å². The molecule has 3 unspecified atom stereocenters. The number of carbonyl (C=O) groups excluding carboxylic acids is 1. The molecule has 0 aromatic heterocycles. The van der Waals surface area contributed by atoms with Crippen LogP contribution in [0.15, 0.2) is 24.3 Å². The summed E-state index contributed by atoms with van der Waals surface area (Å²) in [5.74, 6) is 2.05. The third-order valence-electron chi connectivity index (χ3n) is 12.3. The molecule has 2 bridgehead atoms. The molecule has 6 aliphatic rings. The zero-order valence-electron chi connectivity index (χ0n) is 29.8. The van der Waals surface area contributed by atoms with Gasteiger partial charge in [0.15, 0.2) is 11.9 Å². The van der Waals surface area contributed by atoms with Crippen molar-refractivity contribution < 1.29 is 24.0 Å². The molecule has 12 heteroatoms. The van der Waals surface area contributed by atoms with Crippen molar-refractivity contribution in [1.29, 1.82) is 0 Å². The third kappa shape index (κ3) is 8.39. The summed E-state index contributed by atoms with van der Waals surface area (Å²) in [6, 6.07) is 7.57. The molecule has 1 aliphatic carbocycles. The quantitative estimate of drug-likeness (QED) is 0.199. The van der Waals surface area contributed by atoms with E-state index in [2.05, 4.69) is 33.9 Å². The van der Waals surface area contributed by atoms with Gasteiger partial charge in [0, 0.05) is 82.1 Å². The molecule has 9 atom stereocenters. The van der Waals surface area contributed by atoms with Crippen LogP contribution in [0.2, 0.25) is 0 Å². The molecule has 5 aliphatic heterocycles. The van der Waals surface area contributed by atoms with Crippen LogP contribution in [0.3, 0.4) is 0 Å². The largest absolute Gasteiger partial charge is 0.369 e. The van der Waals surface area contributed by atoms with Crippen molar-refractivity contribution in [3.63, 3.8) is 0 Å². The van der Waals surface area contributed by atoms with Gasteiger partial charge < -0.3 is 30.3 Å². The van der Waals surface area contributed by atoms with Gasteiger partial charge in [-0.05, 0) is 87.4 Å². The Labute approximate surface area is 303 Å². The SMILES string of the molecule is C[C@H]1[C@@H](CCCN2CCN(CCNC(=O)[C@H](N)Cc3ccc(N(CCCl)CCCl)cc3)CC2)O[C@@H]2OC3(C)CCC4[C@H](C)CC[C@@H]1C42OO3. The van der Waals surface area contributed by atoms with Crippen molar-refractivity contribution in [2.45, 2.75) is 95.5 Å². The molecule has 1 spiro atoms. The number of alkyl halides is 2. The Hall–Kier alpha value is -1.21. The highest BCUT2D eigenvalue weighted by Gasteiger charge is 2.69. The van der Waals surface area contributed by atoms with Gasteiger partial charge in [-0.3, -0.25) is 9.69 Å². The number of rotatable bonds is 15. The Kier molecular flexibility index (Phi) is 12.7. The minimum atomic E-state index is -0.720. The first-order chi connectivity index (χ1) is 23.7. The zero-order valence-corrected chi connectivity index (χ0v) is 31.3. The normalized spacial score (nSPS) is 35.4. The molecule has 7 rings (SSSR count). The van der Waals surface area contributed by atoms with Crippen LogP contribution in [0.5, 0.6) is 0 Å². The third-order valence-corrected chi connectivity index (χ3v) is 12.6. The van der Waals surface area contributed by atoms with Gasteiger partial charge in [0.1, 0.15) is 0 Å². The summed E-state index contributed by atoms with van der Waals surface area (Å²) < 4.78 is 13.3. The van der Waals surface area contributed by atoms with Crippen molar-refractivity contribution in [2.75, 3.05) is 75.6 Å². The predicted molar refractivity (Wildman–Crippen MR) is 194 cm³/mol. The number of anilines is 1. The number of ether oxygens (including phenoxy) is 2. The number of piperazine rings is 1. The van der Waals surface area contributed by atoms with E-state index in [1.165, 1.54) is 6.42 Å². The number of amides is 1. The van der Waals surface area contributed by atoms with E-state index in [0.29, 0.717) is 48.4 Å². The number of hydrogen-bond acceptors (Lipinski definition) is 9. The van der Waals surface area contributed by atoms with Crippen molar-refractivity contribution in [3.05, 3.63) is 29.8 Å². The smallest absolute Gasteiger partial charge is 0.237 e. The molecule has 1 amide bonds. The molecule has 1 aromatic rings.